The summed E-state index contributed by atoms with van der Waals surface area (Å²) in [7, 11) is 1.65. The van der Waals surface area contributed by atoms with E-state index < -0.39 is 17.6 Å². The topological polar surface area (TPSA) is 38.2 Å². The molecule has 2 rings (SSSR count). The Morgan fingerprint density at radius 2 is 1.88 bits per heavy atom. The minimum Gasteiger partial charge on any atom is -0.477 e. The molecule has 0 atom stereocenters. The van der Waals surface area contributed by atoms with Crippen molar-refractivity contribution in [3.63, 3.8) is 0 Å². The Labute approximate surface area is 143 Å². The Bertz CT molecular complexity index is 677. The summed E-state index contributed by atoms with van der Waals surface area (Å²) in [5.74, 6) is -0.349. The molecule has 0 bridgehead atoms. The molecule has 1 aromatic carbocycles. The zero-order valence-electron chi connectivity index (χ0n) is 13.3. The highest BCUT2D eigenvalue weighted by molar-refractivity contribution is 6.30. The van der Waals surface area contributed by atoms with Gasteiger partial charge in [0.2, 0.25) is 11.8 Å². The van der Waals surface area contributed by atoms with Crippen LogP contribution in [0.2, 0.25) is 5.02 Å². The summed E-state index contributed by atoms with van der Waals surface area (Å²) < 4.78 is 44.4. The van der Waals surface area contributed by atoms with E-state index in [9.17, 15) is 13.2 Å². The Kier molecular flexibility index (Phi) is 5.88. The minimum absolute atomic E-state index is 0.108. The fourth-order valence-electron chi connectivity index (χ4n) is 1.92. The van der Waals surface area contributed by atoms with Gasteiger partial charge in [-0.3, -0.25) is 0 Å². The monoisotopic (exact) mass is 359 g/mol. The average Bonchev–Trinajstić information content (AvgIpc) is 2.54. The van der Waals surface area contributed by atoms with Gasteiger partial charge in [0.1, 0.15) is 5.56 Å². The first kappa shape index (κ1) is 18.3. The molecule has 0 amide bonds. The van der Waals surface area contributed by atoms with E-state index in [-0.39, 0.29) is 12.6 Å². The second-order valence-corrected chi connectivity index (χ2v) is 5.56. The molecule has 0 unspecified atom stereocenters. The quantitative estimate of drug-likeness (QED) is 0.673. The molecule has 2 aromatic rings. The van der Waals surface area contributed by atoms with E-state index in [1.807, 2.05) is 6.92 Å². The van der Waals surface area contributed by atoms with Crippen LogP contribution in [0, 0.1) is 0 Å². The number of aromatic nitrogens is 2. The number of alkyl halides is 3. The van der Waals surface area contributed by atoms with Gasteiger partial charge in [0.15, 0.2) is 0 Å². The molecular formula is C16H17ClF3N3O. The van der Waals surface area contributed by atoms with Crippen LogP contribution < -0.4 is 9.64 Å². The molecular weight excluding hydrogens is 343 g/mol. The standard InChI is InChI=1S/C16H17ClF3N3O/c1-3-4-9-24-14-13(16(18,19)20)10-21-15(22-14)23(2)12-7-5-11(17)6-8-12/h5-8,10H,3-4,9H2,1-2H3. The Morgan fingerprint density at radius 1 is 1.21 bits per heavy atom. The van der Waals surface area contributed by atoms with Crippen molar-refractivity contribution < 1.29 is 17.9 Å². The van der Waals surface area contributed by atoms with Gasteiger partial charge in [-0.2, -0.15) is 18.2 Å². The fraction of sp³-hybridized carbons (Fsp3) is 0.375. The molecule has 0 saturated heterocycles. The first-order chi connectivity index (χ1) is 11.3. The molecule has 0 spiro atoms. The van der Waals surface area contributed by atoms with Crippen LogP contribution in [0.5, 0.6) is 5.88 Å². The van der Waals surface area contributed by atoms with Crippen molar-refractivity contribution in [3.05, 3.63) is 41.0 Å². The van der Waals surface area contributed by atoms with Gasteiger partial charge in [-0.1, -0.05) is 24.9 Å². The van der Waals surface area contributed by atoms with E-state index in [0.29, 0.717) is 17.1 Å². The van der Waals surface area contributed by atoms with Gasteiger partial charge in [-0.05, 0) is 30.7 Å². The number of hydrogen-bond acceptors (Lipinski definition) is 4. The van der Waals surface area contributed by atoms with Gasteiger partial charge in [-0.25, -0.2) is 4.98 Å². The summed E-state index contributed by atoms with van der Waals surface area (Å²) in [4.78, 5) is 9.32. The van der Waals surface area contributed by atoms with Gasteiger partial charge in [0.05, 0.1) is 6.61 Å². The lowest BCUT2D eigenvalue weighted by molar-refractivity contribution is -0.139. The zero-order chi connectivity index (χ0) is 17.7. The number of ether oxygens (including phenoxy) is 1. The molecule has 130 valence electrons. The van der Waals surface area contributed by atoms with Crippen LogP contribution in [0.15, 0.2) is 30.5 Å². The summed E-state index contributed by atoms with van der Waals surface area (Å²) in [6.45, 7) is 2.09. The summed E-state index contributed by atoms with van der Waals surface area (Å²) >= 11 is 5.83. The van der Waals surface area contributed by atoms with Crippen molar-refractivity contribution in [2.75, 3.05) is 18.6 Å². The maximum absolute atomic E-state index is 13.1. The summed E-state index contributed by atoms with van der Waals surface area (Å²) in [5, 5.41) is 0.559. The molecule has 1 aromatic heterocycles. The first-order valence-electron chi connectivity index (χ1n) is 7.39. The number of hydrogen-bond donors (Lipinski definition) is 0. The second-order valence-electron chi connectivity index (χ2n) is 5.12. The van der Waals surface area contributed by atoms with Crippen LogP contribution in [0.1, 0.15) is 25.3 Å². The van der Waals surface area contributed by atoms with E-state index in [1.54, 1.807) is 36.2 Å². The van der Waals surface area contributed by atoms with Crippen LogP contribution in [-0.4, -0.2) is 23.6 Å². The third kappa shape index (κ3) is 4.50. The fourth-order valence-corrected chi connectivity index (χ4v) is 2.04. The Hall–Kier alpha value is -2.02. The van der Waals surface area contributed by atoms with E-state index in [0.717, 1.165) is 12.6 Å². The van der Waals surface area contributed by atoms with Crippen molar-refractivity contribution in [1.29, 1.82) is 0 Å². The molecule has 0 saturated carbocycles. The Balaban J connectivity index is 2.33. The molecule has 0 fully saturated rings. The van der Waals surface area contributed by atoms with Crippen molar-refractivity contribution in [2.45, 2.75) is 25.9 Å². The van der Waals surface area contributed by atoms with Gasteiger partial charge in [0, 0.05) is 24.0 Å². The van der Waals surface area contributed by atoms with Crippen molar-refractivity contribution in [3.8, 4) is 5.88 Å². The number of unbranched alkanes of at least 4 members (excludes halogenated alkanes) is 1. The lowest BCUT2D eigenvalue weighted by Gasteiger charge is -2.19. The van der Waals surface area contributed by atoms with Crippen molar-refractivity contribution in [1.82, 2.24) is 9.97 Å². The third-order valence-corrected chi connectivity index (χ3v) is 3.55. The summed E-state index contributed by atoms with van der Waals surface area (Å²) in [6.07, 6.45) is -2.37. The summed E-state index contributed by atoms with van der Waals surface area (Å²) in [6, 6.07) is 6.80. The molecule has 4 nitrogen and oxygen atoms in total. The smallest absolute Gasteiger partial charge is 0.423 e. The third-order valence-electron chi connectivity index (χ3n) is 3.30. The average molecular weight is 360 g/mol. The Morgan fingerprint density at radius 3 is 2.46 bits per heavy atom. The molecule has 0 aliphatic carbocycles. The van der Waals surface area contributed by atoms with Crippen molar-refractivity contribution in [2.24, 2.45) is 0 Å². The van der Waals surface area contributed by atoms with Crippen LogP contribution in [0.4, 0.5) is 24.8 Å². The highest BCUT2D eigenvalue weighted by Crippen LogP contribution is 2.36. The van der Waals surface area contributed by atoms with Crippen molar-refractivity contribution >= 4 is 23.2 Å². The second kappa shape index (κ2) is 7.70. The van der Waals surface area contributed by atoms with Crippen LogP contribution in [-0.2, 0) is 6.18 Å². The molecule has 1 heterocycles. The lowest BCUT2D eigenvalue weighted by Crippen LogP contribution is -2.17. The van der Waals surface area contributed by atoms with E-state index >= 15 is 0 Å². The number of halogens is 4. The van der Waals surface area contributed by atoms with Gasteiger partial charge in [-0.15, -0.1) is 0 Å². The van der Waals surface area contributed by atoms with E-state index in [4.69, 9.17) is 16.3 Å². The number of benzene rings is 1. The van der Waals surface area contributed by atoms with Gasteiger partial charge in [0.25, 0.3) is 0 Å². The maximum Gasteiger partial charge on any atom is 0.423 e. The normalized spacial score (nSPS) is 11.4. The predicted molar refractivity (Wildman–Crippen MR) is 87.0 cm³/mol. The van der Waals surface area contributed by atoms with E-state index in [2.05, 4.69) is 9.97 Å². The zero-order valence-corrected chi connectivity index (χ0v) is 14.0. The maximum atomic E-state index is 13.1. The minimum atomic E-state index is -4.57. The molecule has 0 aliphatic heterocycles. The molecule has 0 N–H and O–H groups in total. The van der Waals surface area contributed by atoms with Crippen LogP contribution >= 0.6 is 11.6 Å². The number of rotatable bonds is 6. The highest BCUT2D eigenvalue weighted by Gasteiger charge is 2.36. The number of anilines is 2. The van der Waals surface area contributed by atoms with Gasteiger partial charge < -0.3 is 9.64 Å². The largest absolute Gasteiger partial charge is 0.477 e. The molecule has 0 radical (unpaired) electrons. The van der Waals surface area contributed by atoms with E-state index in [1.165, 1.54) is 0 Å². The highest BCUT2D eigenvalue weighted by atomic mass is 35.5. The summed E-state index contributed by atoms with van der Waals surface area (Å²) in [5.41, 5.74) is -0.287. The van der Waals surface area contributed by atoms with Gasteiger partial charge >= 0.3 is 6.18 Å². The number of nitrogens with zero attached hydrogens (tertiary/aromatic N) is 3. The van der Waals surface area contributed by atoms with Crippen LogP contribution in [0.25, 0.3) is 0 Å². The SMILES string of the molecule is CCCCOc1nc(N(C)c2ccc(Cl)cc2)ncc1C(F)(F)F. The molecule has 8 heteroatoms. The van der Waals surface area contributed by atoms with Crippen LogP contribution in [0.3, 0.4) is 0 Å². The predicted octanol–water partition coefficient (Wildman–Crippen LogP) is 5.10. The molecule has 24 heavy (non-hydrogen) atoms. The lowest BCUT2D eigenvalue weighted by atomic mass is 10.3. The molecule has 0 aliphatic rings. The first-order valence-corrected chi connectivity index (χ1v) is 7.77.